The zero-order valence-corrected chi connectivity index (χ0v) is 17.3. The largest absolute Gasteiger partial charge is 0.368 e. The fourth-order valence-corrected chi connectivity index (χ4v) is 4.77. The zero-order valence-electron chi connectivity index (χ0n) is 16.5. The van der Waals surface area contributed by atoms with Crippen LogP contribution in [0.2, 0.25) is 0 Å². The van der Waals surface area contributed by atoms with Gasteiger partial charge in [-0.15, -0.1) is 11.3 Å². The van der Waals surface area contributed by atoms with E-state index in [1.54, 1.807) is 17.5 Å². The highest BCUT2D eigenvalue weighted by Gasteiger charge is 2.22. The summed E-state index contributed by atoms with van der Waals surface area (Å²) in [6.45, 7) is 6.07. The molecule has 6 heteroatoms. The van der Waals surface area contributed by atoms with Crippen molar-refractivity contribution in [3.8, 4) is 11.4 Å². The van der Waals surface area contributed by atoms with Crippen LogP contribution in [-0.2, 0) is 6.42 Å². The van der Waals surface area contributed by atoms with Gasteiger partial charge >= 0.3 is 0 Å². The first-order chi connectivity index (χ1) is 14.3. The molecular weight excluding hydrogens is 378 g/mol. The van der Waals surface area contributed by atoms with Crippen molar-refractivity contribution >= 4 is 33.1 Å². The molecule has 0 spiro atoms. The fraction of sp³-hybridized carbons (Fsp3) is 0.261. The quantitative estimate of drug-likeness (QED) is 0.498. The average molecular weight is 402 g/mol. The Morgan fingerprint density at radius 3 is 2.45 bits per heavy atom. The lowest BCUT2D eigenvalue weighted by Gasteiger charge is -2.37. The van der Waals surface area contributed by atoms with E-state index in [0.29, 0.717) is 0 Å². The molecular formula is C23H23N5S. The van der Waals surface area contributed by atoms with Gasteiger partial charge in [0.15, 0.2) is 5.82 Å². The zero-order chi connectivity index (χ0) is 19.6. The van der Waals surface area contributed by atoms with E-state index in [1.165, 1.54) is 16.0 Å². The number of fused-ring (bicyclic) bond motifs is 1. The number of piperazine rings is 1. The number of aromatic nitrogens is 3. The molecule has 4 heterocycles. The number of pyridine rings is 1. The maximum atomic E-state index is 5.00. The lowest BCUT2D eigenvalue weighted by Crippen LogP contribution is -2.46. The van der Waals surface area contributed by atoms with Crippen molar-refractivity contribution in [3.05, 3.63) is 65.8 Å². The van der Waals surface area contributed by atoms with Crippen molar-refractivity contribution in [3.63, 3.8) is 0 Å². The van der Waals surface area contributed by atoms with Crippen LogP contribution in [0.3, 0.4) is 0 Å². The Morgan fingerprint density at radius 1 is 0.931 bits per heavy atom. The molecule has 0 bridgehead atoms. The number of benzene rings is 1. The van der Waals surface area contributed by atoms with Crippen LogP contribution in [0.5, 0.6) is 0 Å². The molecule has 1 aromatic carbocycles. The number of hydrogen-bond donors (Lipinski definition) is 0. The van der Waals surface area contributed by atoms with Gasteiger partial charge in [-0.05, 0) is 36.8 Å². The molecule has 0 atom stereocenters. The average Bonchev–Trinajstić information content (AvgIpc) is 3.23. The first-order valence-corrected chi connectivity index (χ1v) is 10.9. The second-order valence-electron chi connectivity index (χ2n) is 7.21. The summed E-state index contributed by atoms with van der Waals surface area (Å²) in [5.74, 6) is 1.81. The van der Waals surface area contributed by atoms with E-state index in [2.05, 4.69) is 58.1 Å². The first-order valence-electron chi connectivity index (χ1n) is 10.1. The molecule has 5 nitrogen and oxygen atoms in total. The summed E-state index contributed by atoms with van der Waals surface area (Å²) >= 11 is 1.77. The van der Waals surface area contributed by atoms with Crippen LogP contribution in [0.15, 0.2) is 60.9 Å². The number of nitrogens with zero attached hydrogens (tertiary/aromatic N) is 5. The molecule has 1 aliphatic heterocycles. The van der Waals surface area contributed by atoms with Gasteiger partial charge in [-0.25, -0.2) is 9.97 Å². The van der Waals surface area contributed by atoms with Crippen molar-refractivity contribution in [2.24, 2.45) is 0 Å². The molecule has 1 aliphatic rings. The molecule has 0 unspecified atom stereocenters. The van der Waals surface area contributed by atoms with Gasteiger partial charge in [0.25, 0.3) is 0 Å². The van der Waals surface area contributed by atoms with Crippen LogP contribution in [0, 0.1) is 0 Å². The van der Waals surface area contributed by atoms with Crippen LogP contribution in [0.1, 0.15) is 11.8 Å². The Bertz CT molecular complexity index is 1100. The molecule has 5 rings (SSSR count). The molecule has 4 aromatic rings. The summed E-state index contributed by atoms with van der Waals surface area (Å²) in [7, 11) is 0. The predicted molar refractivity (Wildman–Crippen MR) is 121 cm³/mol. The van der Waals surface area contributed by atoms with E-state index < -0.39 is 0 Å². The van der Waals surface area contributed by atoms with Gasteiger partial charge in [-0.1, -0.05) is 25.1 Å². The topological polar surface area (TPSA) is 45.2 Å². The standard InChI is InChI=1S/C23H23N5S/c1-2-19-15-20-22(25-21(26-23(20)29-19)17-7-6-10-24-16-17)28-13-11-27(12-14-28)18-8-4-3-5-9-18/h3-10,15-16H,2,11-14H2,1H3. The molecule has 0 aliphatic carbocycles. The molecule has 1 fully saturated rings. The monoisotopic (exact) mass is 401 g/mol. The molecule has 3 aromatic heterocycles. The van der Waals surface area contributed by atoms with Crippen molar-refractivity contribution in [1.82, 2.24) is 15.0 Å². The van der Waals surface area contributed by atoms with Crippen molar-refractivity contribution < 1.29 is 0 Å². The van der Waals surface area contributed by atoms with E-state index in [1.807, 2.05) is 18.3 Å². The number of aryl methyl sites for hydroxylation is 1. The highest BCUT2D eigenvalue weighted by atomic mass is 32.1. The summed E-state index contributed by atoms with van der Waals surface area (Å²) < 4.78 is 0. The molecule has 29 heavy (non-hydrogen) atoms. The Kier molecular flexibility index (Phi) is 4.86. The Labute approximate surface area is 174 Å². The number of anilines is 2. The summed E-state index contributed by atoms with van der Waals surface area (Å²) in [6, 6.07) is 16.9. The summed E-state index contributed by atoms with van der Waals surface area (Å²) in [6.07, 6.45) is 4.64. The maximum Gasteiger partial charge on any atom is 0.164 e. The summed E-state index contributed by atoms with van der Waals surface area (Å²) in [4.78, 5) is 21.4. The van der Waals surface area contributed by atoms with Crippen molar-refractivity contribution in [1.29, 1.82) is 0 Å². The number of rotatable bonds is 4. The van der Waals surface area contributed by atoms with Crippen LogP contribution in [0.4, 0.5) is 11.5 Å². The molecule has 0 N–H and O–H groups in total. The fourth-order valence-electron chi connectivity index (χ4n) is 3.81. The summed E-state index contributed by atoms with van der Waals surface area (Å²) in [5, 5.41) is 1.17. The summed E-state index contributed by atoms with van der Waals surface area (Å²) in [5.41, 5.74) is 2.25. The highest BCUT2D eigenvalue weighted by molar-refractivity contribution is 7.18. The third kappa shape index (κ3) is 3.56. The van der Waals surface area contributed by atoms with E-state index >= 15 is 0 Å². The number of thiophene rings is 1. The Hall–Kier alpha value is -2.99. The Morgan fingerprint density at radius 2 is 1.72 bits per heavy atom. The van der Waals surface area contributed by atoms with Crippen LogP contribution >= 0.6 is 11.3 Å². The lowest BCUT2D eigenvalue weighted by atomic mass is 10.2. The third-order valence-corrected chi connectivity index (χ3v) is 6.57. The van der Waals surface area contributed by atoms with E-state index in [-0.39, 0.29) is 0 Å². The minimum Gasteiger partial charge on any atom is -0.368 e. The Balaban J connectivity index is 1.49. The molecule has 146 valence electrons. The minimum atomic E-state index is 0.760. The molecule has 0 radical (unpaired) electrons. The minimum absolute atomic E-state index is 0.760. The van der Waals surface area contributed by atoms with E-state index in [9.17, 15) is 0 Å². The van der Waals surface area contributed by atoms with E-state index in [0.717, 1.165) is 54.6 Å². The smallest absolute Gasteiger partial charge is 0.164 e. The molecule has 0 amide bonds. The number of hydrogen-bond acceptors (Lipinski definition) is 6. The van der Waals surface area contributed by atoms with Gasteiger partial charge in [0.1, 0.15) is 10.6 Å². The van der Waals surface area contributed by atoms with Gasteiger partial charge in [0.05, 0.1) is 5.39 Å². The predicted octanol–water partition coefficient (Wildman–Crippen LogP) is 4.64. The van der Waals surface area contributed by atoms with Crippen LogP contribution < -0.4 is 9.80 Å². The van der Waals surface area contributed by atoms with Crippen LogP contribution in [0.25, 0.3) is 21.6 Å². The maximum absolute atomic E-state index is 5.00. The number of para-hydroxylation sites is 1. The van der Waals surface area contributed by atoms with Gasteiger partial charge in [0, 0.05) is 54.7 Å². The van der Waals surface area contributed by atoms with Gasteiger partial charge < -0.3 is 9.80 Å². The first kappa shape index (κ1) is 18.1. The van der Waals surface area contributed by atoms with Crippen molar-refractivity contribution in [2.45, 2.75) is 13.3 Å². The van der Waals surface area contributed by atoms with Crippen LogP contribution in [-0.4, -0.2) is 41.1 Å². The highest BCUT2D eigenvalue weighted by Crippen LogP contribution is 2.34. The third-order valence-electron chi connectivity index (χ3n) is 5.39. The normalized spacial score (nSPS) is 14.5. The lowest BCUT2D eigenvalue weighted by molar-refractivity contribution is 0.649. The second-order valence-corrected chi connectivity index (χ2v) is 8.32. The van der Waals surface area contributed by atoms with Gasteiger partial charge in [-0.3, -0.25) is 4.98 Å². The van der Waals surface area contributed by atoms with E-state index in [4.69, 9.17) is 9.97 Å². The second kappa shape index (κ2) is 7.79. The SMILES string of the molecule is CCc1cc2c(N3CCN(c4ccccc4)CC3)nc(-c3cccnc3)nc2s1. The van der Waals surface area contributed by atoms with Crippen molar-refractivity contribution in [2.75, 3.05) is 36.0 Å². The molecule has 1 saturated heterocycles. The van der Waals surface area contributed by atoms with Gasteiger partial charge in [-0.2, -0.15) is 0 Å². The molecule has 0 saturated carbocycles. The van der Waals surface area contributed by atoms with Gasteiger partial charge in [0.2, 0.25) is 0 Å².